The quantitative estimate of drug-likeness (QED) is 0.674. The Kier molecular flexibility index (Phi) is 2.43. The van der Waals surface area contributed by atoms with Crippen molar-refractivity contribution < 1.29 is 9.53 Å². The van der Waals surface area contributed by atoms with E-state index >= 15 is 0 Å². The van der Waals surface area contributed by atoms with Gasteiger partial charge in [-0.2, -0.15) is 5.26 Å². The Balaban J connectivity index is 2.02. The average molecular weight is 208 g/mol. The lowest BCUT2D eigenvalue weighted by molar-refractivity contribution is -0.134. The number of methoxy groups -OCH3 is 1. The van der Waals surface area contributed by atoms with Crippen molar-refractivity contribution >= 4 is 5.91 Å². The van der Waals surface area contributed by atoms with E-state index in [4.69, 9.17) is 10.00 Å². The number of amides is 1. The molecule has 4 nitrogen and oxygen atoms in total. The van der Waals surface area contributed by atoms with Gasteiger partial charge in [0.05, 0.1) is 12.2 Å². The van der Waals surface area contributed by atoms with Crippen molar-refractivity contribution in [2.45, 2.75) is 25.9 Å². The number of rotatable bonds is 2. The fourth-order valence-corrected chi connectivity index (χ4v) is 2.21. The highest BCUT2D eigenvalue weighted by Crippen LogP contribution is 2.47. The normalized spacial score (nSPS) is 32.5. The molecule has 2 atom stereocenters. The molecule has 0 aromatic heterocycles. The second kappa shape index (κ2) is 3.49. The van der Waals surface area contributed by atoms with Gasteiger partial charge in [-0.25, -0.2) is 0 Å². The van der Waals surface area contributed by atoms with E-state index in [9.17, 15) is 4.79 Å². The molecule has 0 N–H and O–H groups in total. The number of hydrogen-bond donors (Lipinski definition) is 0. The van der Waals surface area contributed by atoms with E-state index in [2.05, 4.69) is 13.0 Å². The SMILES string of the molecule is COC1CN(C(=O)C2(C#N)CC2)CC1C. The molecule has 0 radical (unpaired) electrons. The molecular weight excluding hydrogens is 192 g/mol. The van der Waals surface area contributed by atoms with Crippen molar-refractivity contribution in [3.8, 4) is 6.07 Å². The van der Waals surface area contributed by atoms with Crippen LogP contribution in [0.15, 0.2) is 0 Å². The van der Waals surface area contributed by atoms with Gasteiger partial charge < -0.3 is 9.64 Å². The number of carbonyl (C=O) groups is 1. The third kappa shape index (κ3) is 1.61. The summed E-state index contributed by atoms with van der Waals surface area (Å²) in [5.41, 5.74) is -0.678. The van der Waals surface area contributed by atoms with Gasteiger partial charge >= 0.3 is 0 Å². The summed E-state index contributed by atoms with van der Waals surface area (Å²) < 4.78 is 5.29. The molecule has 2 unspecified atom stereocenters. The van der Waals surface area contributed by atoms with Gasteiger partial charge in [-0.05, 0) is 12.8 Å². The van der Waals surface area contributed by atoms with Crippen LogP contribution in [0.1, 0.15) is 19.8 Å². The van der Waals surface area contributed by atoms with Crippen LogP contribution in [-0.4, -0.2) is 37.1 Å². The monoisotopic (exact) mass is 208 g/mol. The molecule has 4 heteroatoms. The molecule has 1 saturated heterocycles. The van der Waals surface area contributed by atoms with Crippen LogP contribution in [0.5, 0.6) is 0 Å². The molecule has 1 amide bonds. The molecular formula is C11H16N2O2. The highest BCUT2D eigenvalue weighted by atomic mass is 16.5. The summed E-state index contributed by atoms with van der Waals surface area (Å²) in [7, 11) is 1.67. The summed E-state index contributed by atoms with van der Waals surface area (Å²) >= 11 is 0. The van der Waals surface area contributed by atoms with Crippen LogP contribution in [0, 0.1) is 22.7 Å². The maximum atomic E-state index is 12.0. The Morgan fingerprint density at radius 3 is 2.60 bits per heavy atom. The van der Waals surface area contributed by atoms with Crippen LogP contribution in [0.2, 0.25) is 0 Å². The fourth-order valence-electron chi connectivity index (χ4n) is 2.21. The first-order chi connectivity index (χ1) is 7.13. The zero-order chi connectivity index (χ0) is 11.1. The Labute approximate surface area is 89.8 Å². The lowest BCUT2D eigenvalue weighted by atomic mass is 10.1. The molecule has 0 bridgehead atoms. The molecule has 0 aromatic rings. The van der Waals surface area contributed by atoms with Crippen LogP contribution < -0.4 is 0 Å². The van der Waals surface area contributed by atoms with Gasteiger partial charge in [0, 0.05) is 26.1 Å². The summed E-state index contributed by atoms with van der Waals surface area (Å²) in [4.78, 5) is 13.8. The number of likely N-dealkylation sites (tertiary alicyclic amines) is 1. The molecule has 0 aromatic carbocycles. The van der Waals surface area contributed by atoms with Crippen molar-refractivity contribution in [2.24, 2.45) is 11.3 Å². The lowest BCUT2D eigenvalue weighted by Crippen LogP contribution is -2.35. The summed E-state index contributed by atoms with van der Waals surface area (Å²) in [6.45, 7) is 3.44. The molecule has 2 fully saturated rings. The maximum absolute atomic E-state index is 12.0. The Morgan fingerprint density at radius 1 is 1.53 bits per heavy atom. The molecule has 2 rings (SSSR count). The predicted molar refractivity (Wildman–Crippen MR) is 53.8 cm³/mol. The fraction of sp³-hybridized carbons (Fsp3) is 0.818. The van der Waals surface area contributed by atoms with E-state index in [-0.39, 0.29) is 12.0 Å². The van der Waals surface area contributed by atoms with Crippen molar-refractivity contribution in [3.05, 3.63) is 0 Å². The minimum Gasteiger partial charge on any atom is -0.379 e. The topological polar surface area (TPSA) is 53.3 Å². The van der Waals surface area contributed by atoms with E-state index in [1.165, 1.54) is 0 Å². The van der Waals surface area contributed by atoms with E-state index in [0.717, 1.165) is 19.4 Å². The minimum atomic E-state index is -0.678. The molecule has 82 valence electrons. The molecule has 15 heavy (non-hydrogen) atoms. The predicted octanol–water partition coefficient (Wildman–Crippen LogP) is 0.783. The van der Waals surface area contributed by atoms with Crippen LogP contribution in [0.25, 0.3) is 0 Å². The van der Waals surface area contributed by atoms with Gasteiger partial charge in [0.15, 0.2) is 0 Å². The molecule has 1 aliphatic heterocycles. The Morgan fingerprint density at radius 2 is 2.20 bits per heavy atom. The van der Waals surface area contributed by atoms with Gasteiger partial charge in [-0.15, -0.1) is 0 Å². The maximum Gasteiger partial charge on any atom is 0.243 e. The number of nitriles is 1. The highest BCUT2D eigenvalue weighted by Gasteiger charge is 2.53. The standard InChI is InChI=1S/C11H16N2O2/c1-8-5-13(6-9(8)15-2)10(14)11(7-12)3-4-11/h8-9H,3-6H2,1-2H3. The van der Waals surface area contributed by atoms with E-state index in [1.54, 1.807) is 12.0 Å². The number of carbonyl (C=O) groups excluding carboxylic acids is 1. The van der Waals surface area contributed by atoms with Gasteiger partial charge in [0.1, 0.15) is 5.41 Å². The Hall–Kier alpha value is -1.08. The highest BCUT2D eigenvalue weighted by molar-refractivity contribution is 5.88. The van der Waals surface area contributed by atoms with E-state index in [1.807, 2.05) is 0 Å². The number of nitrogens with zero attached hydrogens (tertiary/aromatic N) is 2. The first kappa shape index (κ1) is 10.4. The molecule has 1 saturated carbocycles. The van der Waals surface area contributed by atoms with Crippen LogP contribution in [-0.2, 0) is 9.53 Å². The summed E-state index contributed by atoms with van der Waals surface area (Å²) in [6.07, 6.45) is 1.58. The van der Waals surface area contributed by atoms with E-state index < -0.39 is 5.41 Å². The number of hydrogen-bond acceptors (Lipinski definition) is 3. The third-order valence-electron chi connectivity index (χ3n) is 3.51. The molecule has 1 heterocycles. The van der Waals surface area contributed by atoms with Gasteiger partial charge in [0.25, 0.3) is 0 Å². The molecule has 0 spiro atoms. The van der Waals surface area contributed by atoms with Crippen molar-refractivity contribution in [1.82, 2.24) is 4.90 Å². The second-order valence-corrected chi connectivity index (χ2v) is 4.66. The zero-order valence-corrected chi connectivity index (χ0v) is 9.19. The van der Waals surface area contributed by atoms with Crippen LogP contribution in [0.3, 0.4) is 0 Å². The van der Waals surface area contributed by atoms with E-state index in [0.29, 0.717) is 12.5 Å². The first-order valence-corrected chi connectivity index (χ1v) is 5.36. The summed E-state index contributed by atoms with van der Waals surface area (Å²) in [5.74, 6) is 0.379. The first-order valence-electron chi connectivity index (χ1n) is 5.36. The van der Waals surface area contributed by atoms with Crippen molar-refractivity contribution in [1.29, 1.82) is 5.26 Å². The molecule has 2 aliphatic rings. The zero-order valence-electron chi connectivity index (χ0n) is 9.19. The minimum absolute atomic E-state index is 0.0106. The van der Waals surface area contributed by atoms with Gasteiger partial charge in [-0.3, -0.25) is 4.79 Å². The largest absolute Gasteiger partial charge is 0.379 e. The van der Waals surface area contributed by atoms with Gasteiger partial charge in [0.2, 0.25) is 5.91 Å². The Bertz CT molecular complexity index is 317. The molecule has 1 aliphatic carbocycles. The summed E-state index contributed by atoms with van der Waals surface area (Å²) in [5, 5.41) is 8.95. The van der Waals surface area contributed by atoms with Crippen LogP contribution >= 0.6 is 0 Å². The number of ether oxygens (including phenoxy) is 1. The smallest absolute Gasteiger partial charge is 0.243 e. The second-order valence-electron chi connectivity index (χ2n) is 4.66. The third-order valence-corrected chi connectivity index (χ3v) is 3.51. The van der Waals surface area contributed by atoms with Gasteiger partial charge in [-0.1, -0.05) is 6.92 Å². The van der Waals surface area contributed by atoms with Crippen LogP contribution in [0.4, 0.5) is 0 Å². The summed E-state index contributed by atoms with van der Waals surface area (Å²) in [6, 6.07) is 2.14. The average Bonchev–Trinajstić information content (AvgIpc) is 2.96. The lowest BCUT2D eigenvalue weighted by Gasteiger charge is -2.18. The van der Waals surface area contributed by atoms with Crippen molar-refractivity contribution in [3.63, 3.8) is 0 Å². The van der Waals surface area contributed by atoms with Crippen molar-refractivity contribution in [2.75, 3.05) is 20.2 Å².